The number of hydrogen-bond donors (Lipinski definition) is 0. The van der Waals surface area contributed by atoms with E-state index in [1.54, 1.807) is 6.20 Å². The SMILES string of the molecule is C[C@@H]1CCC[C@H](C)N1c1cnnc(Cl)n1. The zero-order chi connectivity index (χ0) is 10.8. The van der Waals surface area contributed by atoms with Crippen molar-refractivity contribution in [3.63, 3.8) is 0 Å². The number of anilines is 1. The largest absolute Gasteiger partial charge is 0.350 e. The maximum absolute atomic E-state index is 5.75. The Morgan fingerprint density at radius 1 is 1.33 bits per heavy atom. The van der Waals surface area contributed by atoms with Gasteiger partial charge in [0, 0.05) is 12.1 Å². The second-order valence-corrected chi connectivity index (χ2v) is 4.46. The molecule has 0 unspecified atom stereocenters. The van der Waals surface area contributed by atoms with Crippen LogP contribution in [-0.2, 0) is 0 Å². The van der Waals surface area contributed by atoms with E-state index >= 15 is 0 Å². The Hall–Kier alpha value is -0.900. The Morgan fingerprint density at radius 3 is 2.60 bits per heavy atom. The third-order valence-electron chi connectivity index (χ3n) is 2.98. The van der Waals surface area contributed by atoms with Gasteiger partial charge in [-0.05, 0) is 44.7 Å². The molecule has 1 fully saturated rings. The van der Waals surface area contributed by atoms with Gasteiger partial charge in [0.05, 0.1) is 6.20 Å². The van der Waals surface area contributed by atoms with Crippen LogP contribution in [0.3, 0.4) is 0 Å². The summed E-state index contributed by atoms with van der Waals surface area (Å²) in [7, 11) is 0. The van der Waals surface area contributed by atoms with E-state index in [-0.39, 0.29) is 5.28 Å². The van der Waals surface area contributed by atoms with Crippen molar-refractivity contribution in [1.29, 1.82) is 0 Å². The molecule has 2 atom stereocenters. The van der Waals surface area contributed by atoms with Gasteiger partial charge in [-0.25, -0.2) is 0 Å². The highest BCUT2D eigenvalue weighted by atomic mass is 35.5. The van der Waals surface area contributed by atoms with Gasteiger partial charge in [0.1, 0.15) is 0 Å². The fourth-order valence-electron chi connectivity index (χ4n) is 2.27. The van der Waals surface area contributed by atoms with E-state index in [1.807, 2.05) is 0 Å². The number of halogens is 1. The highest BCUT2D eigenvalue weighted by Crippen LogP contribution is 2.27. The Balaban J connectivity index is 2.27. The molecule has 1 aliphatic rings. The Morgan fingerprint density at radius 2 is 2.00 bits per heavy atom. The van der Waals surface area contributed by atoms with Crippen molar-refractivity contribution >= 4 is 17.4 Å². The topological polar surface area (TPSA) is 41.9 Å². The van der Waals surface area contributed by atoms with E-state index in [0.717, 1.165) is 5.82 Å². The van der Waals surface area contributed by atoms with Crippen molar-refractivity contribution in [2.24, 2.45) is 0 Å². The van der Waals surface area contributed by atoms with Crippen LogP contribution in [0.5, 0.6) is 0 Å². The minimum Gasteiger partial charge on any atom is -0.350 e. The molecule has 1 aliphatic heterocycles. The molecule has 2 rings (SSSR count). The first kappa shape index (κ1) is 10.6. The second kappa shape index (κ2) is 4.31. The van der Waals surface area contributed by atoms with Crippen LogP contribution in [0.15, 0.2) is 6.20 Å². The minimum atomic E-state index is 0.220. The number of nitrogens with zero attached hydrogens (tertiary/aromatic N) is 4. The highest BCUT2D eigenvalue weighted by molar-refractivity contribution is 6.28. The Bertz CT molecular complexity index is 334. The van der Waals surface area contributed by atoms with Crippen LogP contribution in [0, 0.1) is 0 Å². The molecule has 0 spiro atoms. The van der Waals surface area contributed by atoms with Crippen LogP contribution in [-0.4, -0.2) is 27.3 Å². The predicted molar refractivity (Wildman–Crippen MR) is 60.1 cm³/mol. The summed E-state index contributed by atoms with van der Waals surface area (Å²) in [5.74, 6) is 0.842. The molecule has 1 aromatic heterocycles. The van der Waals surface area contributed by atoms with Crippen molar-refractivity contribution in [2.45, 2.75) is 45.2 Å². The fraction of sp³-hybridized carbons (Fsp3) is 0.700. The molecular formula is C10H15ClN4. The predicted octanol–water partition coefficient (Wildman–Crippen LogP) is 2.29. The summed E-state index contributed by atoms with van der Waals surface area (Å²) in [5.41, 5.74) is 0. The van der Waals surface area contributed by atoms with Crippen LogP contribution in [0.1, 0.15) is 33.1 Å². The maximum atomic E-state index is 5.75. The van der Waals surface area contributed by atoms with Gasteiger partial charge in [-0.3, -0.25) is 0 Å². The van der Waals surface area contributed by atoms with E-state index < -0.39 is 0 Å². The molecule has 0 radical (unpaired) electrons. The number of rotatable bonds is 1. The van der Waals surface area contributed by atoms with Crippen molar-refractivity contribution in [3.8, 4) is 0 Å². The smallest absolute Gasteiger partial charge is 0.244 e. The summed E-state index contributed by atoms with van der Waals surface area (Å²) < 4.78 is 0. The first-order valence-electron chi connectivity index (χ1n) is 5.32. The summed E-state index contributed by atoms with van der Waals surface area (Å²) in [5, 5.41) is 7.72. The average Bonchev–Trinajstić information content (AvgIpc) is 2.17. The van der Waals surface area contributed by atoms with Gasteiger partial charge < -0.3 is 4.90 Å². The first-order chi connectivity index (χ1) is 7.18. The van der Waals surface area contributed by atoms with Crippen LogP contribution < -0.4 is 4.90 Å². The van der Waals surface area contributed by atoms with Gasteiger partial charge in [-0.2, -0.15) is 10.1 Å². The Kier molecular flexibility index (Phi) is 3.05. The van der Waals surface area contributed by atoms with E-state index in [4.69, 9.17) is 11.6 Å². The standard InChI is InChI=1S/C10H15ClN4/c1-7-4-3-5-8(2)15(7)9-6-12-14-10(11)13-9/h6-8H,3-5H2,1-2H3/t7-,8+. The normalized spacial score (nSPS) is 26.7. The summed E-state index contributed by atoms with van der Waals surface area (Å²) >= 11 is 5.75. The van der Waals surface area contributed by atoms with Crippen LogP contribution >= 0.6 is 11.6 Å². The third kappa shape index (κ3) is 2.20. The first-order valence-corrected chi connectivity index (χ1v) is 5.70. The van der Waals surface area contributed by atoms with Gasteiger partial charge in [-0.1, -0.05) is 0 Å². The molecule has 0 aliphatic carbocycles. The summed E-state index contributed by atoms with van der Waals surface area (Å²) in [6.07, 6.45) is 5.37. The van der Waals surface area contributed by atoms with Crippen LogP contribution in [0.25, 0.3) is 0 Å². The van der Waals surface area contributed by atoms with Crippen molar-refractivity contribution in [3.05, 3.63) is 11.5 Å². The lowest BCUT2D eigenvalue weighted by molar-refractivity contribution is 0.410. The molecule has 0 bridgehead atoms. The fourth-order valence-corrected chi connectivity index (χ4v) is 2.40. The molecule has 4 nitrogen and oxygen atoms in total. The van der Waals surface area contributed by atoms with Crippen molar-refractivity contribution < 1.29 is 0 Å². The molecule has 0 aromatic carbocycles. The van der Waals surface area contributed by atoms with Gasteiger partial charge in [0.2, 0.25) is 5.28 Å². The van der Waals surface area contributed by atoms with Crippen molar-refractivity contribution in [1.82, 2.24) is 15.2 Å². The number of hydrogen-bond acceptors (Lipinski definition) is 4. The lowest BCUT2D eigenvalue weighted by Crippen LogP contribution is -2.44. The van der Waals surface area contributed by atoms with Crippen molar-refractivity contribution in [2.75, 3.05) is 4.90 Å². The number of aromatic nitrogens is 3. The summed E-state index contributed by atoms with van der Waals surface area (Å²) in [6.45, 7) is 4.43. The zero-order valence-electron chi connectivity index (χ0n) is 9.02. The molecule has 0 amide bonds. The van der Waals surface area contributed by atoms with Gasteiger partial charge in [0.25, 0.3) is 0 Å². The van der Waals surface area contributed by atoms with Gasteiger partial charge >= 0.3 is 0 Å². The molecule has 1 saturated heterocycles. The van der Waals surface area contributed by atoms with Gasteiger partial charge in [0.15, 0.2) is 5.82 Å². The lowest BCUT2D eigenvalue weighted by Gasteiger charge is -2.39. The van der Waals surface area contributed by atoms with E-state index in [1.165, 1.54) is 19.3 Å². The quantitative estimate of drug-likeness (QED) is 0.737. The monoisotopic (exact) mass is 226 g/mol. The number of piperidine rings is 1. The third-order valence-corrected chi connectivity index (χ3v) is 3.14. The average molecular weight is 227 g/mol. The molecule has 15 heavy (non-hydrogen) atoms. The molecule has 5 heteroatoms. The van der Waals surface area contributed by atoms with E-state index in [9.17, 15) is 0 Å². The molecule has 82 valence electrons. The molecule has 1 aromatic rings. The Labute approximate surface area is 94.7 Å². The minimum absolute atomic E-state index is 0.220. The zero-order valence-corrected chi connectivity index (χ0v) is 9.78. The molecular weight excluding hydrogens is 212 g/mol. The van der Waals surface area contributed by atoms with Crippen LogP contribution in [0.2, 0.25) is 5.28 Å². The molecule has 0 N–H and O–H groups in total. The maximum Gasteiger partial charge on any atom is 0.244 e. The molecule has 0 saturated carbocycles. The van der Waals surface area contributed by atoms with E-state index in [2.05, 4.69) is 33.9 Å². The summed E-state index contributed by atoms with van der Waals surface area (Å²) in [4.78, 5) is 6.50. The van der Waals surface area contributed by atoms with Gasteiger partial charge in [-0.15, -0.1) is 5.10 Å². The van der Waals surface area contributed by atoms with Crippen LogP contribution in [0.4, 0.5) is 5.82 Å². The highest BCUT2D eigenvalue weighted by Gasteiger charge is 2.26. The lowest BCUT2D eigenvalue weighted by atomic mass is 9.98. The second-order valence-electron chi connectivity index (χ2n) is 4.12. The molecule has 2 heterocycles. The van der Waals surface area contributed by atoms with E-state index in [0.29, 0.717) is 12.1 Å². The summed E-state index contributed by atoms with van der Waals surface area (Å²) in [6, 6.07) is 1.00.